The Kier molecular flexibility index (Phi) is 6.64. The van der Waals surface area contributed by atoms with E-state index in [-0.39, 0.29) is 18.9 Å². The van der Waals surface area contributed by atoms with E-state index in [0.717, 1.165) is 17.7 Å². The highest BCUT2D eigenvalue weighted by atomic mass is 35.5. The number of anilines is 1. The van der Waals surface area contributed by atoms with E-state index in [1.807, 2.05) is 31.2 Å². The van der Waals surface area contributed by atoms with E-state index >= 15 is 0 Å². The first-order valence-corrected chi connectivity index (χ1v) is 8.22. The number of hydrogen-bond donors (Lipinski definition) is 1. The van der Waals surface area contributed by atoms with Gasteiger partial charge < -0.3 is 10.1 Å². The van der Waals surface area contributed by atoms with Crippen molar-refractivity contribution >= 4 is 40.8 Å². The number of nitrogens with one attached hydrogen (secondary N) is 1. The number of benzene rings is 2. The monoisotopic (exact) mass is 365 g/mol. The van der Waals surface area contributed by atoms with Crippen molar-refractivity contribution in [3.8, 4) is 0 Å². The summed E-state index contributed by atoms with van der Waals surface area (Å²) in [6, 6.07) is 12.4. The molecule has 2 aromatic rings. The van der Waals surface area contributed by atoms with E-state index in [4.69, 9.17) is 27.9 Å². The van der Waals surface area contributed by atoms with Crippen molar-refractivity contribution < 1.29 is 14.3 Å². The number of carbonyl (C=O) groups is 2. The van der Waals surface area contributed by atoms with Gasteiger partial charge in [0.25, 0.3) is 5.91 Å². The molecule has 0 saturated carbocycles. The zero-order valence-corrected chi connectivity index (χ0v) is 14.7. The Balaban J connectivity index is 1.84. The molecule has 2 rings (SSSR count). The summed E-state index contributed by atoms with van der Waals surface area (Å²) in [5.74, 6) is -0.884. The minimum atomic E-state index is -0.507. The van der Waals surface area contributed by atoms with Crippen LogP contribution in [-0.4, -0.2) is 18.5 Å². The van der Waals surface area contributed by atoms with Gasteiger partial charge in [0.2, 0.25) is 0 Å². The minimum Gasteiger partial charge on any atom is -0.455 e. The maximum Gasteiger partial charge on any atom is 0.310 e. The zero-order chi connectivity index (χ0) is 17.5. The molecule has 0 spiro atoms. The van der Waals surface area contributed by atoms with Crippen LogP contribution in [-0.2, 0) is 27.2 Å². The van der Waals surface area contributed by atoms with Gasteiger partial charge in [0.05, 0.1) is 16.5 Å². The lowest BCUT2D eigenvalue weighted by Gasteiger charge is -2.10. The summed E-state index contributed by atoms with van der Waals surface area (Å²) < 4.78 is 5.00. The molecule has 24 heavy (non-hydrogen) atoms. The van der Waals surface area contributed by atoms with Crippen LogP contribution in [0.4, 0.5) is 5.69 Å². The molecule has 0 saturated heterocycles. The van der Waals surface area contributed by atoms with Gasteiger partial charge in [-0.25, -0.2) is 0 Å². The molecule has 0 aliphatic heterocycles. The Labute approximate surface area is 150 Å². The Morgan fingerprint density at radius 1 is 1.08 bits per heavy atom. The van der Waals surface area contributed by atoms with Crippen molar-refractivity contribution in [1.82, 2.24) is 0 Å². The topological polar surface area (TPSA) is 55.4 Å². The summed E-state index contributed by atoms with van der Waals surface area (Å²) in [6.45, 7) is 1.67. The van der Waals surface area contributed by atoms with Crippen LogP contribution >= 0.6 is 23.2 Å². The molecule has 126 valence electrons. The molecule has 0 radical (unpaired) electrons. The van der Waals surface area contributed by atoms with E-state index in [0.29, 0.717) is 15.6 Å². The molecule has 1 amide bonds. The minimum absolute atomic E-state index is 0.0235. The lowest BCUT2D eigenvalue weighted by molar-refractivity contribution is -0.146. The highest BCUT2D eigenvalue weighted by Gasteiger charge is 2.11. The predicted octanol–water partition coefficient (Wildman–Crippen LogP) is 4.28. The molecular formula is C18H17Cl2NO3. The standard InChI is InChI=1S/C18H17Cl2NO3/c1-2-13-5-3-4-6-16(13)21-17(22)11-24-18(23)10-12-7-8-14(19)15(20)9-12/h3-9H,2,10-11H2,1H3,(H,21,22). The van der Waals surface area contributed by atoms with Crippen LogP contribution in [0.1, 0.15) is 18.1 Å². The Bertz CT molecular complexity index is 747. The summed E-state index contributed by atoms with van der Waals surface area (Å²) in [5.41, 5.74) is 2.42. The average molecular weight is 366 g/mol. The number of hydrogen-bond acceptors (Lipinski definition) is 3. The Hall–Kier alpha value is -2.04. The van der Waals surface area contributed by atoms with Crippen LogP contribution in [0, 0.1) is 0 Å². The fourth-order valence-electron chi connectivity index (χ4n) is 2.15. The number of halogens is 2. The van der Waals surface area contributed by atoms with Gasteiger partial charge in [-0.2, -0.15) is 0 Å². The zero-order valence-electron chi connectivity index (χ0n) is 13.1. The molecule has 0 heterocycles. The summed E-state index contributed by atoms with van der Waals surface area (Å²) in [7, 11) is 0. The average Bonchev–Trinajstić information content (AvgIpc) is 2.57. The molecule has 1 N–H and O–H groups in total. The van der Waals surface area contributed by atoms with Crippen molar-refractivity contribution in [3.05, 3.63) is 63.6 Å². The molecule has 0 unspecified atom stereocenters. The van der Waals surface area contributed by atoms with Crippen molar-refractivity contribution in [2.45, 2.75) is 19.8 Å². The van der Waals surface area contributed by atoms with Crippen molar-refractivity contribution in [2.75, 3.05) is 11.9 Å². The number of para-hydroxylation sites is 1. The van der Waals surface area contributed by atoms with Crippen LogP contribution < -0.4 is 5.32 Å². The largest absolute Gasteiger partial charge is 0.455 e. The third-order valence-electron chi connectivity index (χ3n) is 3.37. The predicted molar refractivity (Wildman–Crippen MR) is 95.6 cm³/mol. The van der Waals surface area contributed by atoms with E-state index in [9.17, 15) is 9.59 Å². The molecule has 4 nitrogen and oxygen atoms in total. The SMILES string of the molecule is CCc1ccccc1NC(=O)COC(=O)Cc1ccc(Cl)c(Cl)c1. The van der Waals surface area contributed by atoms with E-state index < -0.39 is 5.97 Å². The maximum absolute atomic E-state index is 11.9. The third kappa shape index (κ3) is 5.25. The van der Waals surface area contributed by atoms with Gasteiger partial charge in [-0.1, -0.05) is 54.4 Å². The molecule has 0 bridgehead atoms. The van der Waals surface area contributed by atoms with Gasteiger partial charge in [0, 0.05) is 5.69 Å². The number of rotatable bonds is 6. The van der Waals surface area contributed by atoms with Gasteiger partial charge in [0.15, 0.2) is 6.61 Å². The Morgan fingerprint density at radius 3 is 2.54 bits per heavy atom. The number of ether oxygens (including phenoxy) is 1. The van der Waals surface area contributed by atoms with Gasteiger partial charge in [-0.05, 0) is 35.7 Å². The molecular weight excluding hydrogens is 349 g/mol. The normalized spacial score (nSPS) is 10.3. The molecule has 0 atom stereocenters. The van der Waals surface area contributed by atoms with Gasteiger partial charge in [-0.3, -0.25) is 9.59 Å². The molecule has 0 aliphatic rings. The van der Waals surface area contributed by atoms with Gasteiger partial charge >= 0.3 is 5.97 Å². The molecule has 2 aromatic carbocycles. The van der Waals surface area contributed by atoms with Crippen molar-refractivity contribution in [2.24, 2.45) is 0 Å². The van der Waals surface area contributed by atoms with Crippen LogP contribution in [0.15, 0.2) is 42.5 Å². The molecule has 0 fully saturated rings. The van der Waals surface area contributed by atoms with Crippen LogP contribution in [0.3, 0.4) is 0 Å². The first kappa shape index (κ1) is 18.3. The Morgan fingerprint density at radius 2 is 1.83 bits per heavy atom. The fourth-order valence-corrected chi connectivity index (χ4v) is 2.47. The highest BCUT2D eigenvalue weighted by molar-refractivity contribution is 6.42. The first-order valence-electron chi connectivity index (χ1n) is 7.47. The second-order valence-electron chi connectivity index (χ2n) is 5.14. The fraction of sp³-hybridized carbons (Fsp3) is 0.222. The van der Waals surface area contributed by atoms with Crippen LogP contribution in [0.25, 0.3) is 0 Å². The summed E-state index contributed by atoms with van der Waals surface area (Å²) in [4.78, 5) is 23.7. The number of aryl methyl sites for hydroxylation is 1. The summed E-state index contributed by atoms with van der Waals surface area (Å²) in [5, 5.41) is 3.53. The smallest absolute Gasteiger partial charge is 0.310 e. The van der Waals surface area contributed by atoms with E-state index in [1.54, 1.807) is 18.2 Å². The lowest BCUT2D eigenvalue weighted by atomic mass is 10.1. The molecule has 6 heteroatoms. The molecule has 0 aromatic heterocycles. The second kappa shape index (κ2) is 8.71. The van der Waals surface area contributed by atoms with Gasteiger partial charge in [0.1, 0.15) is 0 Å². The second-order valence-corrected chi connectivity index (χ2v) is 5.96. The van der Waals surface area contributed by atoms with Crippen molar-refractivity contribution in [1.29, 1.82) is 0 Å². The lowest BCUT2D eigenvalue weighted by Crippen LogP contribution is -2.22. The molecule has 0 aliphatic carbocycles. The van der Waals surface area contributed by atoms with E-state index in [1.165, 1.54) is 0 Å². The first-order chi connectivity index (χ1) is 11.5. The quantitative estimate of drug-likeness (QED) is 0.777. The number of esters is 1. The number of amides is 1. The van der Waals surface area contributed by atoms with Crippen LogP contribution in [0.2, 0.25) is 10.0 Å². The maximum atomic E-state index is 11.9. The van der Waals surface area contributed by atoms with Crippen molar-refractivity contribution in [3.63, 3.8) is 0 Å². The van der Waals surface area contributed by atoms with Crippen LogP contribution in [0.5, 0.6) is 0 Å². The highest BCUT2D eigenvalue weighted by Crippen LogP contribution is 2.22. The number of carbonyl (C=O) groups excluding carboxylic acids is 2. The van der Waals surface area contributed by atoms with Gasteiger partial charge in [-0.15, -0.1) is 0 Å². The third-order valence-corrected chi connectivity index (χ3v) is 4.11. The van der Waals surface area contributed by atoms with E-state index in [2.05, 4.69) is 5.32 Å². The summed E-state index contributed by atoms with van der Waals surface area (Å²) >= 11 is 11.7. The summed E-state index contributed by atoms with van der Waals surface area (Å²) in [6.07, 6.45) is 0.823.